The predicted molar refractivity (Wildman–Crippen MR) is 121 cm³/mol. The maximum absolute atomic E-state index is 12.7. The fourth-order valence-electron chi connectivity index (χ4n) is 2.79. The molecule has 6 N–H and O–H groups in total. The van der Waals surface area contributed by atoms with Gasteiger partial charge in [-0.1, -0.05) is 30.3 Å². The first-order valence-corrected chi connectivity index (χ1v) is 11.6. The van der Waals surface area contributed by atoms with Gasteiger partial charge in [0.25, 0.3) is 10.2 Å². The normalized spacial score (nSPS) is 11.9. The summed E-state index contributed by atoms with van der Waals surface area (Å²) in [5.41, 5.74) is 1.20. The molecule has 0 radical (unpaired) electrons. The topological polar surface area (TPSA) is 177 Å². The smallest absolute Gasteiger partial charge is 0.408 e. The zero-order valence-electron chi connectivity index (χ0n) is 17.7. The van der Waals surface area contributed by atoms with Crippen LogP contribution in [0.4, 0.5) is 10.5 Å². The van der Waals surface area contributed by atoms with Crippen LogP contribution < -0.4 is 20.5 Å². The van der Waals surface area contributed by atoms with Crippen molar-refractivity contribution in [2.24, 2.45) is 5.14 Å². The van der Waals surface area contributed by atoms with Gasteiger partial charge in [-0.15, -0.1) is 0 Å². The Bertz CT molecular complexity index is 1040. The third kappa shape index (κ3) is 10.1. The van der Waals surface area contributed by atoms with Gasteiger partial charge in [0.05, 0.1) is 5.56 Å². The van der Waals surface area contributed by atoms with Gasteiger partial charge in [-0.05, 0) is 49.1 Å². The highest BCUT2D eigenvalue weighted by Crippen LogP contribution is 2.12. The van der Waals surface area contributed by atoms with Gasteiger partial charge in [0.15, 0.2) is 0 Å². The van der Waals surface area contributed by atoms with Crippen LogP contribution in [0.15, 0.2) is 54.6 Å². The molecule has 2 aromatic carbocycles. The predicted octanol–water partition coefficient (Wildman–Crippen LogP) is 1.58. The van der Waals surface area contributed by atoms with Crippen molar-refractivity contribution in [3.63, 3.8) is 0 Å². The Morgan fingerprint density at radius 2 is 1.67 bits per heavy atom. The molecule has 0 saturated carbocycles. The molecule has 0 bridgehead atoms. The standard InChI is InChI=1S/C21H26N4O7S/c22-33(30,31)23-13-5-4-8-18(25-21(29)32-14-15-6-2-1-3-7-15)19(26)24-17-11-9-16(10-12-17)20(27)28/h1-3,6-7,9-12,18,23H,4-5,8,13-14H2,(H,24,26)(H,25,29)(H,27,28)(H2,22,30,31)/t18-/m0/s1. The van der Waals surface area contributed by atoms with Crippen molar-refractivity contribution < 1.29 is 32.6 Å². The summed E-state index contributed by atoms with van der Waals surface area (Å²) in [4.78, 5) is 35.9. The lowest BCUT2D eigenvalue weighted by Gasteiger charge is -2.18. The van der Waals surface area contributed by atoms with Crippen LogP contribution in [-0.4, -0.2) is 44.1 Å². The summed E-state index contributed by atoms with van der Waals surface area (Å²) in [6.45, 7) is 0.109. The van der Waals surface area contributed by atoms with Crippen molar-refractivity contribution in [2.75, 3.05) is 11.9 Å². The summed E-state index contributed by atoms with van der Waals surface area (Å²) < 4.78 is 29.2. The van der Waals surface area contributed by atoms with E-state index in [9.17, 15) is 22.8 Å². The minimum Gasteiger partial charge on any atom is -0.478 e. The molecule has 0 aliphatic carbocycles. The van der Waals surface area contributed by atoms with E-state index in [1.54, 1.807) is 24.3 Å². The summed E-state index contributed by atoms with van der Waals surface area (Å²) >= 11 is 0. The van der Waals surface area contributed by atoms with Crippen molar-refractivity contribution in [1.82, 2.24) is 10.0 Å². The molecular weight excluding hydrogens is 452 g/mol. The van der Waals surface area contributed by atoms with Crippen LogP contribution >= 0.6 is 0 Å². The highest BCUT2D eigenvalue weighted by atomic mass is 32.2. The number of unbranched alkanes of at least 4 members (excludes halogenated alkanes) is 1. The summed E-state index contributed by atoms with van der Waals surface area (Å²) in [5, 5.41) is 19.0. The van der Waals surface area contributed by atoms with E-state index in [2.05, 4.69) is 15.4 Å². The number of benzene rings is 2. The molecular formula is C21H26N4O7S. The third-order valence-corrected chi connectivity index (χ3v) is 5.05. The Hall–Kier alpha value is -3.48. The van der Waals surface area contributed by atoms with Crippen LogP contribution in [0.2, 0.25) is 0 Å². The zero-order valence-corrected chi connectivity index (χ0v) is 18.5. The average molecular weight is 479 g/mol. The number of hydrogen-bond donors (Lipinski definition) is 5. The van der Waals surface area contributed by atoms with E-state index in [0.717, 1.165) is 5.56 Å². The highest BCUT2D eigenvalue weighted by molar-refractivity contribution is 7.87. The van der Waals surface area contributed by atoms with Gasteiger partial charge < -0.3 is 20.5 Å². The lowest BCUT2D eigenvalue weighted by Crippen LogP contribution is -2.44. The van der Waals surface area contributed by atoms with Gasteiger partial charge >= 0.3 is 12.1 Å². The molecule has 1 atom stereocenters. The van der Waals surface area contributed by atoms with Gasteiger partial charge in [-0.25, -0.2) is 19.5 Å². The number of hydrogen-bond acceptors (Lipinski definition) is 6. The lowest BCUT2D eigenvalue weighted by atomic mass is 10.1. The van der Waals surface area contributed by atoms with Gasteiger partial charge in [-0.2, -0.15) is 8.42 Å². The number of alkyl carbamates (subject to hydrolysis) is 1. The fourth-order valence-corrected chi connectivity index (χ4v) is 3.22. The zero-order chi connectivity index (χ0) is 24.3. The van der Waals surface area contributed by atoms with Gasteiger partial charge in [0, 0.05) is 12.2 Å². The number of carboxylic acids is 1. The molecule has 0 fully saturated rings. The van der Waals surface area contributed by atoms with E-state index in [-0.39, 0.29) is 25.1 Å². The number of anilines is 1. The highest BCUT2D eigenvalue weighted by Gasteiger charge is 2.21. The van der Waals surface area contributed by atoms with E-state index in [4.69, 9.17) is 15.0 Å². The molecule has 2 amide bonds. The Morgan fingerprint density at radius 1 is 1.00 bits per heavy atom. The Morgan fingerprint density at radius 3 is 2.27 bits per heavy atom. The van der Waals surface area contributed by atoms with Crippen molar-refractivity contribution >= 4 is 33.9 Å². The number of amides is 2. The van der Waals surface area contributed by atoms with Crippen LogP contribution in [0.1, 0.15) is 35.2 Å². The molecule has 0 unspecified atom stereocenters. The second-order valence-corrected chi connectivity index (χ2v) is 8.44. The summed E-state index contributed by atoms with van der Waals surface area (Å²) in [6.07, 6.45) is 0.195. The van der Waals surface area contributed by atoms with Crippen LogP contribution in [0.3, 0.4) is 0 Å². The van der Waals surface area contributed by atoms with E-state index < -0.39 is 34.2 Å². The summed E-state index contributed by atoms with van der Waals surface area (Å²) in [5.74, 6) is -1.63. The number of ether oxygens (including phenoxy) is 1. The third-order valence-electron chi connectivity index (χ3n) is 4.44. The van der Waals surface area contributed by atoms with E-state index in [0.29, 0.717) is 18.5 Å². The monoisotopic (exact) mass is 478 g/mol. The molecule has 0 aromatic heterocycles. The van der Waals surface area contributed by atoms with Gasteiger partial charge in [-0.3, -0.25) is 4.79 Å². The number of carboxylic acid groups (broad SMARTS) is 1. The number of nitrogens with two attached hydrogens (primary N) is 1. The SMILES string of the molecule is NS(=O)(=O)NCCCC[C@H](NC(=O)OCc1ccccc1)C(=O)Nc1ccc(C(=O)O)cc1. The van der Waals surface area contributed by atoms with Gasteiger partial charge in [0.1, 0.15) is 12.6 Å². The van der Waals surface area contributed by atoms with Crippen molar-refractivity contribution in [3.05, 3.63) is 65.7 Å². The molecule has 0 aliphatic heterocycles. The van der Waals surface area contributed by atoms with E-state index in [1.165, 1.54) is 24.3 Å². The Balaban J connectivity index is 1.96. The molecule has 0 heterocycles. The first-order valence-electron chi connectivity index (χ1n) is 10.0. The molecule has 33 heavy (non-hydrogen) atoms. The number of nitrogens with one attached hydrogen (secondary N) is 3. The Labute approximate surface area is 191 Å². The molecule has 0 spiro atoms. The summed E-state index contributed by atoms with van der Waals surface area (Å²) in [7, 11) is -3.81. The van der Waals surface area contributed by atoms with E-state index >= 15 is 0 Å². The van der Waals surface area contributed by atoms with Crippen molar-refractivity contribution in [1.29, 1.82) is 0 Å². The molecule has 12 heteroatoms. The van der Waals surface area contributed by atoms with Crippen LogP contribution in [0, 0.1) is 0 Å². The van der Waals surface area contributed by atoms with Crippen LogP contribution in [0.5, 0.6) is 0 Å². The first kappa shape index (κ1) is 25.8. The van der Waals surface area contributed by atoms with Crippen molar-refractivity contribution in [3.8, 4) is 0 Å². The first-order chi connectivity index (χ1) is 15.6. The van der Waals surface area contributed by atoms with Crippen LogP contribution in [-0.2, 0) is 26.3 Å². The Kier molecular flexibility index (Phi) is 9.79. The molecule has 11 nitrogen and oxygen atoms in total. The quantitative estimate of drug-likeness (QED) is 0.287. The van der Waals surface area contributed by atoms with E-state index in [1.807, 2.05) is 6.07 Å². The average Bonchev–Trinajstić information content (AvgIpc) is 2.77. The van der Waals surface area contributed by atoms with Gasteiger partial charge in [0.2, 0.25) is 5.91 Å². The maximum atomic E-state index is 12.7. The minimum atomic E-state index is -3.81. The molecule has 2 rings (SSSR count). The fraction of sp³-hybridized carbons (Fsp3) is 0.286. The number of aromatic carboxylic acids is 1. The minimum absolute atomic E-state index is 0.0238. The largest absolute Gasteiger partial charge is 0.478 e. The lowest BCUT2D eigenvalue weighted by molar-refractivity contribution is -0.118. The molecule has 178 valence electrons. The maximum Gasteiger partial charge on any atom is 0.408 e. The molecule has 0 aliphatic rings. The second-order valence-electron chi connectivity index (χ2n) is 7.07. The number of carbonyl (C=O) groups is 3. The van der Waals surface area contributed by atoms with Crippen molar-refractivity contribution in [2.45, 2.75) is 31.9 Å². The summed E-state index contributed by atoms with van der Waals surface area (Å²) in [6, 6.07) is 13.6. The van der Waals surface area contributed by atoms with Crippen LogP contribution in [0.25, 0.3) is 0 Å². The molecule has 0 saturated heterocycles. The number of rotatable bonds is 12. The molecule has 2 aromatic rings. The second kappa shape index (κ2) is 12.5. The number of carbonyl (C=O) groups excluding carboxylic acids is 2.